The van der Waals surface area contributed by atoms with Crippen molar-refractivity contribution in [3.8, 4) is 0 Å². The third kappa shape index (κ3) is 4.58. The molecule has 0 unspecified atom stereocenters. The maximum atomic E-state index is 12.1. The minimum absolute atomic E-state index is 0.0477. The van der Waals surface area contributed by atoms with Crippen molar-refractivity contribution < 1.29 is 14.3 Å². The Hall–Kier alpha value is -1.52. The van der Waals surface area contributed by atoms with Gasteiger partial charge in [0.1, 0.15) is 12.1 Å². The minimum Gasteiger partial charge on any atom is -0.444 e. The Morgan fingerprint density at radius 1 is 1.26 bits per heavy atom. The van der Waals surface area contributed by atoms with Crippen molar-refractivity contribution in [3.05, 3.63) is 12.2 Å². The zero-order valence-electron chi connectivity index (χ0n) is 12.5. The molecule has 0 spiro atoms. The van der Waals surface area contributed by atoms with Crippen molar-refractivity contribution in [1.29, 1.82) is 0 Å². The van der Waals surface area contributed by atoms with Gasteiger partial charge in [-0.3, -0.25) is 9.69 Å². The number of ether oxygens (including phenoxy) is 1. The lowest BCUT2D eigenvalue weighted by Crippen LogP contribution is -2.43. The average molecular weight is 268 g/mol. The summed E-state index contributed by atoms with van der Waals surface area (Å²) in [5.74, 6) is -0.0699. The molecule has 1 aliphatic heterocycles. The molecule has 0 N–H and O–H groups in total. The highest BCUT2D eigenvalue weighted by molar-refractivity contribution is 5.83. The maximum Gasteiger partial charge on any atom is 0.411 e. The first-order valence-electron chi connectivity index (χ1n) is 6.54. The van der Waals surface area contributed by atoms with Crippen LogP contribution in [0.25, 0.3) is 0 Å². The zero-order chi connectivity index (χ0) is 14.8. The van der Waals surface area contributed by atoms with E-state index in [0.29, 0.717) is 13.1 Å². The van der Waals surface area contributed by atoms with Crippen molar-refractivity contribution in [2.45, 2.75) is 46.3 Å². The predicted octanol–water partition coefficient (Wildman–Crippen LogP) is 2.03. The Kier molecular flexibility index (Phi) is 4.61. The van der Waals surface area contributed by atoms with Crippen LogP contribution >= 0.6 is 0 Å². The lowest BCUT2D eigenvalue weighted by atomic mass is 10.2. The molecule has 5 nitrogen and oxygen atoms in total. The van der Waals surface area contributed by atoms with Gasteiger partial charge in [0.15, 0.2) is 0 Å². The van der Waals surface area contributed by atoms with Crippen molar-refractivity contribution >= 4 is 12.0 Å². The van der Waals surface area contributed by atoms with E-state index in [-0.39, 0.29) is 18.5 Å². The van der Waals surface area contributed by atoms with Gasteiger partial charge in [0.2, 0.25) is 5.91 Å². The van der Waals surface area contributed by atoms with Crippen LogP contribution in [0.3, 0.4) is 0 Å². The van der Waals surface area contributed by atoms with E-state index in [1.165, 1.54) is 4.90 Å². The average Bonchev–Trinajstić information content (AvgIpc) is 2.35. The molecule has 0 radical (unpaired) electrons. The number of carbonyl (C=O) groups is 2. The summed E-state index contributed by atoms with van der Waals surface area (Å²) in [4.78, 5) is 27.3. The quantitative estimate of drug-likeness (QED) is 0.684. The number of amides is 2. The van der Waals surface area contributed by atoms with E-state index < -0.39 is 11.7 Å². The van der Waals surface area contributed by atoms with E-state index in [1.54, 1.807) is 25.7 Å². The molecule has 5 heteroatoms. The molecule has 108 valence electrons. The van der Waals surface area contributed by atoms with Crippen LogP contribution in [-0.2, 0) is 9.53 Å². The molecular weight excluding hydrogens is 244 g/mol. The van der Waals surface area contributed by atoms with Crippen LogP contribution in [0.15, 0.2) is 12.2 Å². The SMILES string of the molecule is C=C1CN(C(=O)OC(C)(C)C)CC(=O)N(C(C)C)C1. The number of carbonyl (C=O) groups excluding carboxylic acids is 2. The van der Waals surface area contributed by atoms with Crippen LogP contribution < -0.4 is 0 Å². The Balaban J connectivity index is 2.80. The lowest BCUT2D eigenvalue weighted by Gasteiger charge is -2.26. The Labute approximate surface area is 115 Å². The molecular formula is C14H24N2O3. The third-order valence-corrected chi connectivity index (χ3v) is 2.73. The van der Waals surface area contributed by atoms with E-state index >= 15 is 0 Å². The van der Waals surface area contributed by atoms with Gasteiger partial charge in [-0.1, -0.05) is 6.58 Å². The van der Waals surface area contributed by atoms with Crippen molar-refractivity contribution in [1.82, 2.24) is 9.80 Å². The van der Waals surface area contributed by atoms with Crippen LogP contribution in [0, 0.1) is 0 Å². The molecule has 0 aliphatic carbocycles. The summed E-state index contributed by atoms with van der Waals surface area (Å²) < 4.78 is 5.30. The number of rotatable bonds is 1. The number of hydrogen-bond donors (Lipinski definition) is 0. The number of nitrogens with zero attached hydrogens (tertiary/aromatic N) is 2. The van der Waals surface area contributed by atoms with Gasteiger partial charge in [-0.05, 0) is 40.2 Å². The van der Waals surface area contributed by atoms with Crippen LogP contribution in [0.1, 0.15) is 34.6 Å². The van der Waals surface area contributed by atoms with Gasteiger partial charge in [-0.15, -0.1) is 0 Å². The summed E-state index contributed by atoms with van der Waals surface area (Å²) in [6.45, 7) is 14.2. The Morgan fingerprint density at radius 3 is 2.32 bits per heavy atom. The molecule has 2 amide bonds. The second kappa shape index (κ2) is 5.63. The molecule has 0 saturated carbocycles. The lowest BCUT2D eigenvalue weighted by molar-refractivity contribution is -0.132. The first kappa shape index (κ1) is 15.5. The van der Waals surface area contributed by atoms with E-state index in [1.807, 2.05) is 13.8 Å². The summed E-state index contributed by atoms with van der Waals surface area (Å²) in [6.07, 6.45) is -0.465. The highest BCUT2D eigenvalue weighted by Crippen LogP contribution is 2.15. The fourth-order valence-corrected chi connectivity index (χ4v) is 1.89. The fourth-order valence-electron chi connectivity index (χ4n) is 1.89. The smallest absolute Gasteiger partial charge is 0.411 e. The van der Waals surface area contributed by atoms with Gasteiger partial charge in [-0.2, -0.15) is 0 Å². The topological polar surface area (TPSA) is 49.9 Å². The summed E-state index contributed by atoms with van der Waals surface area (Å²) in [5, 5.41) is 0. The van der Waals surface area contributed by atoms with Crippen LogP contribution in [0.2, 0.25) is 0 Å². The minimum atomic E-state index is -0.564. The molecule has 0 aromatic heterocycles. The molecule has 1 aliphatic rings. The van der Waals surface area contributed by atoms with E-state index in [9.17, 15) is 9.59 Å². The summed E-state index contributed by atoms with van der Waals surface area (Å²) in [6, 6.07) is 0.0998. The van der Waals surface area contributed by atoms with Crippen LogP contribution in [0.5, 0.6) is 0 Å². The van der Waals surface area contributed by atoms with Gasteiger partial charge in [0.25, 0.3) is 0 Å². The van der Waals surface area contributed by atoms with Crippen LogP contribution in [-0.4, -0.2) is 53.1 Å². The van der Waals surface area contributed by atoms with Crippen molar-refractivity contribution in [2.24, 2.45) is 0 Å². The molecule has 1 heterocycles. The molecule has 1 rings (SSSR count). The van der Waals surface area contributed by atoms with Gasteiger partial charge in [0, 0.05) is 19.1 Å². The third-order valence-electron chi connectivity index (χ3n) is 2.73. The van der Waals surface area contributed by atoms with Gasteiger partial charge in [-0.25, -0.2) is 4.79 Å². The molecule has 0 aromatic rings. The molecule has 0 atom stereocenters. The standard InChI is InChI=1S/C14H24N2O3/c1-10(2)16-8-11(3)7-15(9-12(16)17)13(18)19-14(4,5)6/h10H,3,7-9H2,1-2,4-6H3. The van der Waals surface area contributed by atoms with E-state index in [4.69, 9.17) is 4.74 Å². The highest BCUT2D eigenvalue weighted by atomic mass is 16.6. The summed E-state index contributed by atoms with van der Waals surface area (Å²) >= 11 is 0. The number of hydrogen-bond acceptors (Lipinski definition) is 3. The molecule has 0 aromatic carbocycles. The van der Waals surface area contributed by atoms with Gasteiger partial charge < -0.3 is 9.64 Å². The first-order valence-corrected chi connectivity index (χ1v) is 6.54. The van der Waals surface area contributed by atoms with Crippen LogP contribution in [0.4, 0.5) is 4.79 Å². The molecule has 0 bridgehead atoms. The fraction of sp³-hybridized carbons (Fsp3) is 0.714. The summed E-state index contributed by atoms with van der Waals surface area (Å²) in [5.41, 5.74) is 0.274. The Morgan fingerprint density at radius 2 is 1.84 bits per heavy atom. The Bertz CT molecular complexity index is 383. The van der Waals surface area contributed by atoms with E-state index in [2.05, 4.69) is 6.58 Å². The molecule has 1 saturated heterocycles. The highest BCUT2D eigenvalue weighted by Gasteiger charge is 2.30. The largest absolute Gasteiger partial charge is 0.444 e. The summed E-state index contributed by atoms with van der Waals surface area (Å²) in [7, 11) is 0. The van der Waals surface area contributed by atoms with E-state index in [0.717, 1.165) is 5.57 Å². The first-order chi connectivity index (χ1) is 8.60. The van der Waals surface area contributed by atoms with Gasteiger partial charge in [0.05, 0.1) is 0 Å². The zero-order valence-corrected chi connectivity index (χ0v) is 12.5. The van der Waals surface area contributed by atoms with Crippen molar-refractivity contribution in [2.75, 3.05) is 19.6 Å². The van der Waals surface area contributed by atoms with Gasteiger partial charge >= 0.3 is 6.09 Å². The predicted molar refractivity (Wildman–Crippen MR) is 73.8 cm³/mol. The second-order valence-electron chi connectivity index (χ2n) is 6.20. The normalized spacial score (nSPS) is 17.8. The monoisotopic (exact) mass is 268 g/mol. The van der Waals surface area contributed by atoms with Crippen molar-refractivity contribution in [3.63, 3.8) is 0 Å². The molecule has 1 fully saturated rings. The maximum absolute atomic E-state index is 12.1. The molecule has 19 heavy (non-hydrogen) atoms. The second-order valence-corrected chi connectivity index (χ2v) is 6.20.